The number of carbonyl (C=O) groups is 1. The van der Waals surface area contributed by atoms with Gasteiger partial charge in [0.2, 0.25) is 0 Å². The summed E-state index contributed by atoms with van der Waals surface area (Å²) in [7, 11) is 0. The van der Waals surface area contributed by atoms with Gasteiger partial charge in [0.1, 0.15) is 6.61 Å². The Balaban J connectivity index is 0.00000144. The van der Waals surface area contributed by atoms with Gasteiger partial charge >= 0.3 is 6.09 Å². The molecule has 5 nitrogen and oxygen atoms in total. The van der Waals surface area contributed by atoms with Crippen molar-refractivity contribution in [2.45, 2.75) is 25.6 Å². The van der Waals surface area contributed by atoms with Crippen LogP contribution in [-0.2, 0) is 24.4 Å². The van der Waals surface area contributed by atoms with Gasteiger partial charge in [0.05, 0.1) is 0 Å². The molecule has 1 aliphatic carbocycles. The van der Waals surface area contributed by atoms with Gasteiger partial charge in [-0.05, 0) is 38.9 Å². The summed E-state index contributed by atoms with van der Waals surface area (Å²) >= 11 is 0. The maximum atomic E-state index is 12.8. The molecule has 0 atom stereocenters. The standard InChI is InChI=1S/C28H29N3O2.2ClH/c32-28(33-19-27-25-7-3-1-5-23(25)24-6-2-4-8-26(24)27)31-13-11-30(12-14-31)18-20-9-10-21-16-29-17-22(21)15-20;;/h1-10,15,27,29H,11-14,16-19H2;2*1H. The number of nitrogens with zero attached hydrogens (tertiary/aromatic N) is 2. The summed E-state index contributed by atoms with van der Waals surface area (Å²) in [5.74, 6) is 0.108. The lowest BCUT2D eigenvalue weighted by Crippen LogP contribution is -2.48. The van der Waals surface area contributed by atoms with E-state index >= 15 is 0 Å². The number of ether oxygens (including phenoxy) is 1. The second kappa shape index (κ2) is 11.0. The molecule has 184 valence electrons. The summed E-state index contributed by atoms with van der Waals surface area (Å²) in [6, 6.07) is 23.7. The van der Waals surface area contributed by atoms with E-state index in [2.05, 4.69) is 76.9 Å². The topological polar surface area (TPSA) is 44.8 Å². The highest BCUT2D eigenvalue weighted by Gasteiger charge is 2.30. The molecule has 3 aliphatic rings. The molecular weight excluding hydrogens is 481 g/mol. The Morgan fingerprint density at radius 3 is 2.14 bits per heavy atom. The molecule has 0 bridgehead atoms. The third kappa shape index (κ3) is 5.05. The monoisotopic (exact) mass is 511 g/mol. The van der Waals surface area contributed by atoms with Crippen molar-refractivity contribution < 1.29 is 9.53 Å². The fourth-order valence-electron chi connectivity index (χ4n) is 5.48. The summed E-state index contributed by atoms with van der Waals surface area (Å²) in [4.78, 5) is 17.1. The molecule has 35 heavy (non-hydrogen) atoms. The van der Waals surface area contributed by atoms with Gasteiger partial charge in [0, 0.05) is 51.7 Å². The van der Waals surface area contributed by atoms with Crippen LogP contribution in [0.25, 0.3) is 11.1 Å². The number of fused-ring (bicyclic) bond motifs is 4. The molecule has 1 amide bonds. The maximum absolute atomic E-state index is 12.8. The van der Waals surface area contributed by atoms with Crippen LogP contribution in [-0.4, -0.2) is 48.7 Å². The van der Waals surface area contributed by atoms with E-state index in [1.165, 1.54) is 38.9 Å². The van der Waals surface area contributed by atoms with E-state index in [-0.39, 0.29) is 36.8 Å². The average molecular weight is 512 g/mol. The van der Waals surface area contributed by atoms with Crippen molar-refractivity contribution in [1.82, 2.24) is 15.1 Å². The van der Waals surface area contributed by atoms with Gasteiger partial charge < -0.3 is 15.0 Å². The van der Waals surface area contributed by atoms with Crippen LogP contribution < -0.4 is 5.32 Å². The zero-order chi connectivity index (χ0) is 22.2. The fraction of sp³-hybridized carbons (Fsp3) is 0.321. The number of hydrogen-bond acceptors (Lipinski definition) is 4. The molecule has 7 heteroatoms. The second-order valence-electron chi connectivity index (χ2n) is 9.27. The Kier molecular flexibility index (Phi) is 8.02. The van der Waals surface area contributed by atoms with Crippen LogP contribution in [0, 0.1) is 0 Å². The zero-order valence-corrected chi connectivity index (χ0v) is 21.2. The van der Waals surface area contributed by atoms with E-state index in [1.54, 1.807) is 0 Å². The first-order chi connectivity index (χ1) is 16.3. The number of benzene rings is 3. The molecule has 1 N–H and O–H groups in total. The zero-order valence-electron chi connectivity index (χ0n) is 19.6. The number of rotatable bonds is 4. The van der Waals surface area contributed by atoms with Crippen molar-refractivity contribution >= 4 is 30.9 Å². The van der Waals surface area contributed by atoms with Crippen LogP contribution in [0.4, 0.5) is 4.79 Å². The van der Waals surface area contributed by atoms with Crippen LogP contribution in [0.2, 0.25) is 0 Å². The first-order valence-electron chi connectivity index (χ1n) is 11.9. The summed E-state index contributed by atoms with van der Waals surface area (Å²) < 4.78 is 5.84. The minimum Gasteiger partial charge on any atom is -0.448 e. The molecule has 0 unspecified atom stereocenters. The third-order valence-corrected chi connectivity index (χ3v) is 7.27. The van der Waals surface area contributed by atoms with Crippen molar-refractivity contribution in [3.8, 4) is 11.1 Å². The van der Waals surface area contributed by atoms with Crippen LogP contribution in [0.3, 0.4) is 0 Å². The predicted molar refractivity (Wildman–Crippen MR) is 143 cm³/mol. The van der Waals surface area contributed by atoms with Crippen molar-refractivity contribution in [2.24, 2.45) is 0 Å². The molecule has 2 aliphatic heterocycles. The molecule has 1 fully saturated rings. The lowest BCUT2D eigenvalue weighted by Gasteiger charge is -2.34. The van der Waals surface area contributed by atoms with E-state index in [4.69, 9.17) is 4.74 Å². The van der Waals surface area contributed by atoms with Crippen molar-refractivity contribution in [1.29, 1.82) is 0 Å². The summed E-state index contributed by atoms with van der Waals surface area (Å²) in [5, 5.41) is 3.41. The summed E-state index contributed by atoms with van der Waals surface area (Å²) in [5.41, 5.74) is 9.20. The smallest absolute Gasteiger partial charge is 0.409 e. The molecular formula is C28H31Cl2N3O2. The quantitative estimate of drug-likeness (QED) is 0.522. The minimum atomic E-state index is -0.194. The van der Waals surface area contributed by atoms with Crippen LogP contribution >= 0.6 is 24.8 Å². The third-order valence-electron chi connectivity index (χ3n) is 7.27. The van der Waals surface area contributed by atoms with E-state index in [0.717, 1.165) is 32.7 Å². The predicted octanol–water partition coefficient (Wildman–Crippen LogP) is 5.20. The minimum absolute atomic E-state index is 0. The van der Waals surface area contributed by atoms with E-state index in [1.807, 2.05) is 4.90 Å². The van der Waals surface area contributed by atoms with Gasteiger partial charge in [0.25, 0.3) is 0 Å². The van der Waals surface area contributed by atoms with Crippen molar-refractivity contribution in [2.75, 3.05) is 32.8 Å². The van der Waals surface area contributed by atoms with Gasteiger partial charge in [-0.15, -0.1) is 24.8 Å². The van der Waals surface area contributed by atoms with E-state index in [9.17, 15) is 4.79 Å². The molecule has 2 heterocycles. The fourth-order valence-corrected chi connectivity index (χ4v) is 5.48. The maximum Gasteiger partial charge on any atom is 0.409 e. The van der Waals surface area contributed by atoms with Gasteiger partial charge in [0.15, 0.2) is 0 Å². The lowest BCUT2D eigenvalue weighted by atomic mass is 9.98. The van der Waals surface area contributed by atoms with Gasteiger partial charge in [-0.1, -0.05) is 66.7 Å². The normalized spacial score (nSPS) is 16.5. The number of piperazine rings is 1. The first-order valence-corrected chi connectivity index (χ1v) is 11.9. The average Bonchev–Trinajstić information content (AvgIpc) is 3.45. The highest BCUT2D eigenvalue weighted by molar-refractivity contribution is 5.85. The van der Waals surface area contributed by atoms with Crippen molar-refractivity contribution in [3.05, 3.63) is 94.5 Å². The van der Waals surface area contributed by atoms with Crippen LogP contribution in [0.1, 0.15) is 33.7 Å². The van der Waals surface area contributed by atoms with Gasteiger partial charge in [-0.25, -0.2) is 4.79 Å². The SMILES string of the molecule is Cl.Cl.O=C(OCC1c2ccccc2-c2ccccc21)N1CCN(Cc2ccc3c(c2)CNC3)CC1. The van der Waals surface area contributed by atoms with Crippen LogP contribution in [0.5, 0.6) is 0 Å². The van der Waals surface area contributed by atoms with Crippen molar-refractivity contribution in [3.63, 3.8) is 0 Å². The Morgan fingerprint density at radius 1 is 0.829 bits per heavy atom. The Hall–Kier alpha value is -2.57. The van der Waals surface area contributed by atoms with Gasteiger partial charge in [-0.3, -0.25) is 4.90 Å². The summed E-state index contributed by atoms with van der Waals surface area (Å²) in [6.45, 7) is 6.45. The van der Waals surface area contributed by atoms with Gasteiger partial charge in [-0.2, -0.15) is 0 Å². The molecule has 0 aromatic heterocycles. The largest absolute Gasteiger partial charge is 0.448 e. The molecule has 6 rings (SSSR count). The number of amides is 1. The molecule has 0 spiro atoms. The molecule has 3 aromatic carbocycles. The number of carbonyl (C=O) groups excluding carboxylic acids is 1. The first kappa shape index (κ1) is 25.5. The Morgan fingerprint density at radius 2 is 1.46 bits per heavy atom. The van der Waals surface area contributed by atoms with E-state index in [0.29, 0.717) is 19.7 Å². The Bertz CT molecular complexity index is 1150. The van der Waals surface area contributed by atoms with Crippen LogP contribution in [0.15, 0.2) is 66.7 Å². The Labute approximate surface area is 219 Å². The van der Waals surface area contributed by atoms with E-state index < -0.39 is 0 Å². The summed E-state index contributed by atoms with van der Waals surface area (Å²) in [6.07, 6.45) is -0.194. The number of halogens is 2. The molecule has 1 saturated heterocycles. The number of nitrogens with one attached hydrogen (secondary N) is 1. The highest BCUT2D eigenvalue weighted by atomic mass is 35.5. The molecule has 0 radical (unpaired) electrons. The highest BCUT2D eigenvalue weighted by Crippen LogP contribution is 2.44. The lowest BCUT2D eigenvalue weighted by molar-refractivity contribution is 0.0728. The number of hydrogen-bond donors (Lipinski definition) is 1. The second-order valence-corrected chi connectivity index (χ2v) is 9.27. The molecule has 0 saturated carbocycles. The molecule has 3 aromatic rings.